The molecule has 1 heterocycles. The van der Waals surface area contributed by atoms with Crippen molar-refractivity contribution < 1.29 is 9.63 Å². The number of amides is 1. The third-order valence-electron chi connectivity index (χ3n) is 1.56. The van der Waals surface area contributed by atoms with Gasteiger partial charge in [-0.2, -0.15) is 0 Å². The molecule has 0 bridgehead atoms. The molecular formula is C6H11N3O2. The Morgan fingerprint density at radius 1 is 1.91 bits per heavy atom. The standard InChI is InChI=1S/C6H11N3O2/c1-11-9-4-2-5(6(7)10)8-3-4/h5,8H,2-3H2,1H3,(H2,7,10). The van der Waals surface area contributed by atoms with Gasteiger partial charge < -0.3 is 15.9 Å². The Kier molecular flexibility index (Phi) is 2.43. The average molecular weight is 157 g/mol. The van der Waals surface area contributed by atoms with Gasteiger partial charge in [0.05, 0.1) is 11.8 Å². The number of carbonyl (C=O) groups is 1. The highest BCUT2D eigenvalue weighted by Crippen LogP contribution is 2.02. The molecule has 62 valence electrons. The molecule has 5 nitrogen and oxygen atoms in total. The van der Waals surface area contributed by atoms with Crippen molar-refractivity contribution >= 4 is 11.6 Å². The minimum absolute atomic E-state index is 0.274. The maximum atomic E-state index is 10.6. The number of oxime groups is 1. The summed E-state index contributed by atoms with van der Waals surface area (Å²) in [5.74, 6) is -0.341. The monoisotopic (exact) mass is 157 g/mol. The molecule has 0 aromatic carbocycles. The fraction of sp³-hybridized carbons (Fsp3) is 0.667. The van der Waals surface area contributed by atoms with Gasteiger partial charge in [0, 0.05) is 13.0 Å². The summed E-state index contributed by atoms with van der Waals surface area (Å²) in [5.41, 5.74) is 5.89. The van der Waals surface area contributed by atoms with Crippen molar-refractivity contribution in [1.82, 2.24) is 5.32 Å². The van der Waals surface area contributed by atoms with Gasteiger partial charge in [0.2, 0.25) is 5.91 Å². The van der Waals surface area contributed by atoms with Gasteiger partial charge in [0.1, 0.15) is 7.11 Å². The predicted molar refractivity (Wildman–Crippen MR) is 40.0 cm³/mol. The molecule has 1 fully saturated rings. The van der Waals surface area contributed by atoms with Crippen LogP contribution in [0.1, 0.15) is 6.42 Å². The van der Waals surface area contributed by atoms with E-state index in [2.05, 4.69) is 15.3 Å². The van der Waals surface area contributed by atoms with E-state index in [4.69, 9.17) is 5.73 Å². The molecule has 1 saturated heterocycles. The van der Waals surface area contributed by atoms with E-state index in [1.807, 2.05) is 0 Å². The van der Waals surface area contributed by atoms with Crippen LogP contribution in [0.5, 0.6) is 0 Å². The van der Waals surface area contributed by atoms with Gasteiger partial charge in [-0.1, -0.05) is 5.16 Å². The first-order chi connectivity index (χ1) is 5.24. The predicted octanol–water partition coefficient (Wildman–Crippen LogP) is -1.16. The van der Waals surface area contributed by atoms with Crippen molar-refractivity contribution in [2.75, 3.05) is 13.7 Å². The Labute approximate surface area is 64.6 Å². The molecule has 0 radical (unpaired) electrons. The number of hydrogen-bond donors (Lipinski definition) is 2. The molecule has 0 spiro atoms. The van der Waals surface area contributed by atoms with Crippen LogP contribution in [0.4, 0.5) is 0 Å². The van der Waals surface area contributed by atoms with E-state index < -0.39 is 0 Å². The van der Waals surface area contributed by atoms with E-state index in [1.54, 1.807) is 0 Å². The maximum Gasteiger partial charge on any atom is 0.234 e. The molecule has 1 aliphatic rings. The smallest absolute Gasteiger partial charge is 0.234 e. The van der Waals surface area contributed by atoms with Crippen molar-refractivity contribution in [1.29, 1.82) is 0 Å². The average Bonchev–Trinajstić information content (AvgIpc) is 2.37. The van der Waals surface area contributed by atoms with Crippen molar-refractivity contribution in [2.45, 2.75) is 12.5 Å². The van der Waals surface area contributed by atoms with Crippen molar-refractivity contribution in [3.63, 3.8) is 0 Å². The quantitative estimate of drug-likeness (QED) is 0.496. The summed E-state index contributed by atoms with van der Waals surface area (Å²) in [4.78, 5) is 15.2. The van der Waals surface area contributed by atoms with Crippen LogP contribution < -0.4 is 11.1 Å². The lowest BCUT2D eigenvalue weighted by atomic mass is 10.2. The van der Waals surface area contributed by atoms with Crippen LogP contribution >= 0.6 is 0 Å². The molecule has 1 atom stereocenters. The zero-order valence-electron chi connectivity index (χ0n) is 6.33. The molecule has 5 heteroatoms. The highest BCUT2D eigenvalue weighted by molar-refractivity contribution is 5.95. The van der Waals surface area contributed by atoms with Crippen molar-refractivity contribution in [3.05, 3.63) is 0 Å². The minimum atomic E-state index is -0.341. The molecule has 1 amide bonds. The number of nitrogens with one attached hydrogen (secondary N) is 1. The second-order valence-electron chi connectivity index (χ2n) is 2.38. The van der Waals surface area contributed by atoms with E-state index in [-0.39, 0.29) is 11.9 Å². The third-order valence-corrected chi connectivity index (χ3v) is 1.56. The zero-order chi connectivity index (χ0) is 8.27. The highest BCUT2D eigenvalue weighted by atomic mass is 16.6. The van der Waals surface area contributed by atoms with E-state index in [0.29, 0.717) is 13.0 Å². The van der Waals surface area contributed by atoms with Gasteiger partial charge in [0.25, 0.3) is 0 Å². The van der Waals surface area contributed by atoms with Gasteiger partial charge in [0.15, 0.2) is 0 Å². The highest BCUT2D eigenvalue weighted by Gasteiger charge is 2.24. The topological polar surface area (TPSA) is 76.7 Å². The summed E-state index contributed by atoms with van der Waals surface area (Å²) < 4.78 is 0. The normalized spacial score (nSPS) is 27.4. The van der Waals surface area contributed by atoms with Crippen LogP contribution in [-0.4, -0.2) is 31.3 Å². The Balaban J connectivity index is 2.47. The van der Waals surface area contributed by atoms with E-state index in [0.717, 1.165) is 5.71 Å². The fourth-order valence-electron chi connectivity index (χ4n) is 1.02. The third kappa shape index (κ3) is 1.91. The van der Waals surface area contributed by atoms with Gasteiger partial charge in [-0.15, -0.1) is 0 Å². The molecule has 11 heavy (non-hydrogen) atoms. The fourth-order valence-corrected chi connectivity index (χ4v) is 1.02. The van der Waals surface area contributed by atoms with Crippen LogP contribution in [0.15, 0.2) is 5.16 Å². The molecule has 1 rings (SSSR count). The Morgan fingerprint density at radius 2 is 2.64 bits per heavy atom. The largest absolute Gasteiger partial charge is 0.399 e. The van der Waals surface area contributed by atoms with E-state index >= 15 is 0 Å². The van der Waals surface area contributed by atoms with Gasteiger partial charge in [-0.25, -0.2) is 0 Å². The number of nitrogens with two attached hydrogens (primary N) is 1. The number of primary amides is 1. The molecule has 0 aromatic heterocycles. The minimum Gasteiger partial charge on any atom is -0.399 e. The van der Waals surface area contributed by atoms with Gasteiger partial charge in [-0.3, -0.25) is 4.79 Å². The molecule has 0 saturated carbocycles. The number of nitrogens with zero attached hydrogens (tertiary/aromatic N) is 1. The molecule has 3 N–H and O–H groups in total. The van der Waals surface area contributed by atoms with Gasteiger partial charge >= 0.3 is 0 Å². The lowest BCUT2D eigenvalue weighted by molar-refractivity contribution is -0.119. The summed E-state index contributed by atoms with van der Waals surface area (Å²) >= 11 is 0. The van der Waals surface area contributed by atoms with Crippen LogP contribution in [0.25, 0.3) is 0 Å². The van der Waals surface area contributed by atoms with Crippen molar-refractivity contribution in [2.24, 2.45) is 10.9 Å². The first kappa shape index (κ1) is 8.00. The molecule has 0 aromatic rings. The Hall–Kier alpha value is -1.10. The first-order valence-electron chi connectivity index (χ1n) is 3.35. The van der Waals surface area contributed by atoms with E-state index in [9.17, 15) is 4.79 Å². The van der Waals surface area contributed by atoms with Crippen LogP contribution in [0.3, 0.4) is 0 Å². The number of rotatable bonds is 2. The van der Waals surface area contributed by atoms with Gasteiger partial charge in [-0.05, 0) is 0 Å². The van der Waals surface area contributed by atoms with Crippen LogP contribution in [0, 0.1) is 0 Å². The van der Waals surface area contributed by atoms with Crippen molar-refractivity contribution in [3.8, 4) is 0 Å². The second kappa shape index (κ2) is 3.34. The number of carbonyl (C=O) groups excluding carboxylic acids is 1. The summed E-state index contributed by atoms with van der Waals surface area (Å²) in [5, 5.41) is 6.61. The summed E-state index contributed by atoms with van der Waals surface area (Å²) in [7, 11) is 1.48. The Bertz CT molecular complexity index is 190. The summed E-state index contributed by atoms with van der Waals surface area (Å²) in [6, 6.07) is -0.274. The first-order valence-corrected chi connectivity index (χ1v) is 3.35. The zero-order valence-corrected chi connectivity index (χ0v) is 6.33. The lowest BCUT2D eigenvalue weighted by Crippen LogP contribution is -2.36. The lowest BCUT2D eigenvalue weighted by Gasteiger charge is -2.00. The van der Waals surface area contributed by atoms with Crippen LogP contribution in [-0.2, 0) is 9.63 Å². The molecule has 1 unspecified atom stereocenters. The Morgan fingerprint density at radius 3 is 3.09 bits per heavy atom. The molecule has 1 aliphatic heterocycles. The second-order valence-corrected chi connectivity index (χ2v) is 2.38. The number of hydrogen-bond acceptors (Lipinski definition) is 4. The molecule has 0 aliphatic carbocycles. The molecular weight excluding hydrogens is 146 g/mol. The SMILES string of the molecule is CON=C1CNC(C(N)=O)C1. The maximum absolute atomic E-state index is 10.6. The van der Waals surface area contributed by atoms with E-state index in [1.165, 1.54) is 7.11 Å². The summed E-state index contributed by atoms with van der Waals surface area (Å²) in [6.45, 7) is 0.585. The summed E-state index contributed by atoms with van der Waals surface area (Å²) in [6.07, 6.45) is 0.559. The van der Waals surface area contributed by atoms with Crippen LogP contribution in [0.2, 0.25) is 0 Å².